The minimum absolute atomic E-state index is 0.133. The zero-order valence-electron chi connectivity index (χ0n) is 10.4. The van der Waals surface area contributed by atoms with Crippen LogP contribution in [-0.4, -0.2) is 33.8 Å². The van der Waals surface area contributed by atoms with Crippen molar-refractivity contribution in [1.82, 2.24) is 14.7 Å². The van der Waals surface area contributed by atoms with Crippen molar-refractivity contribution in [3.05, 3.63) is 33.2 Å². The molecule has 0 aromatic carbocycles. The molecule has 0 radical (unpaired) electrons. The maximum atomic E-state index is 12.2. The molecule has 1 N–H and O–H groups in total. The summed E-state index contributed by atoms with van der Waals surface area (Å²) in [5.41, 5.74) is 0.659. The van der Waals surface area contributed by atoms with Crippen LogP contribution >= 0.6 is 34.5 Å². The molecule has 1 fully saturated rings. The molecule has 1 atom stereocenters. The highest BCUT2D eigenvalue weighted by Crippen LogP contribution is 2.29. The molecule has 2 aromatic heterocycles. The molecule has 106 valence electrons. The van der Waals surface area contributed by atoms with Gasteiger partial charge in [0.05, 0.1) is 22.9 Å². The van der Waals surface area contributed by atoms with Gasteiger partial charge in [0.15, 0.2) is 0 Å². The van der Waals surface area contributed by atoms with Crippen LogP contribution in [0.25, 0.3) is 0 Å². The summed E-state index contributed by atoms with van der Waals surface area (Å²) >= 11 is 13.2. The van der Waals surface area contributed by atoms with Crippen molar-refractivity contribution in [2.75, 3.05) is 18.4 Å². The molecule has 0 bridgehead atoms. The van der Waals surface area contributed by atoms with Gasteiger partial charge in [-0.1, -0.05) is 23.2 Å². The van der Waals surface area contributed by atoms with Gasteiger partial charge in [-0.15, -0.1) is 11.3 Å². The number of hydrogen-bond donors (Lipinski definition) is 1. The number of nitrogens with zero attached hydrogens (tertiary/aromatic N) is 3. The topological polar surface area (TPSA) is 50.2 Å². The van der Waals surface area contributed by atoms with Crippen molar-refractivity contribution in [3.63, 3.8) is 0 Å². The Morgan fingerprint density at radius 3 is 3.00 bits per heavy atom. The number of aromatic nitrogens is 2. The van der Waals surface area contributed by atoms with Crippen LogP contribution in [0, 0.1) is 0 Å². The summed E-state index contributed by atoms with van der Waals surface area (Å²) in [5, 5.41) is 9.46. The fourth-order valence-corrected chi connectivity index (χ4v) is 3.21. The predicted molar refractivity (Wildman–Crippen MR) is 80.8 cm³/mol. The average Bonchev–Trinajstić information content (AvgIpc) is 3.11. The third kappa shape index (κ3) is 2.77. The van der Waals surface area contributed by atoms with E-state index in [-0.39, 0.29) is 12.1 Å². The van der Waals surface area contributed by atoms with Gasteiger partial charge in [-0.05, 0) is 17.9 Å². The molecule has 0 saturated carbocycles. The van der Waals surface area contributed by atoms with Crippen LogP contribution in [0.4, 0.5) is 10.5 Å². The van der Waals surface area contributed by atoms with Gasteiger partial charge in [0.25, 0.3) is 0 Å². The number of anilines is 1. The zero-order chi connectivity index (χ0) is 14.1. The minimum Gasteiger partial charge on any atom is -0.322 e. The average molecular weight is 331 g/mol. The standard InChI is InChI=1S/C12H12Cl2N4OS/c13-8-5-15-18(6-8)9-1-3-17(7-9)12(19)16-10-2-4-20-11(10)14/h2,4-6,9H,1,3,7H2,(H,16,19). The van der Waals surface area contributed by atoms with E-state index in [0.717, 1.165) is 6.42 Å². The van der Waals surface area contributed by atoms with E-state index in [0.29, 0.717) is 28.1 Å². The Kier molecular flexibility index (Phi) is 3.87. The number of rotatable bonds is 2. The van der Waals surface area contributed by atoms with E-state index in [1.807, 2.05) is 10.1 Å². The largest absolute Gasteiger partial charge is 0.322 e. The predicted octanol–water partition coefficient (Wildman–Crippen LogP) is 3.73. The highest BCUT2D eigenvalue weighted by molar-refractivity contribution is 7.15. The monoisotopic (exact) mass is 330 g/mol. The van der Waals surface area contributed by atoms with Gasteiger partial charge in [-0.25, -0.2) is 4.79 Å². The van der Waals surface area contributed by atoms with Crippen LogP contribution in [0.2, 0.25) is 9.36 Å². The summed E-state index contributed by atoms with van der Waals surface area (Å²) in [6.07, 6.45) is 4.25. The van der Waals surface area contributed by atoms with E-state index in [9.17, 15) is 4.79 Å². The number of nitrogens with one attached hydrogen (secondary N) is 1. The zero-order valence-corrected chi connectivity index (χ0v) is 12.8. The summed E-state index contributed by atoms with van der Waals surface area (Å²) < 4.78 is 2.40. The first-order chi connectivity index (χ1) is 9.63. The third-order valence-electron chi connectivity index (χ3n) is 3.25. The van der Waals surface area contributed by atoms with E-state index >= 15 is 0 Å². The van der Waals surface area contributed by atoms with Crippen LogP contribution in [0.1, 0.15) is 12.5 Å². The first-order valence-electron chi connectivity index (χ1n) is 6.12. The molecule has 1 aliphatic rings. The number of hydrogen-bond acceptors (Lipinski definition) is 3. The number of urea groups is 1. The lowest BCUT2D eigenvalue weighted by atomic mass is 10.3. The third-order valence-corrected chi connectivity index (χ3v) is 4.62. The summed E-state index contributed by atoms with van der Waals surface area (Å²) in [7, 11) is 0. The van der Waals surface area contributed by atoms with E-state index in [1.165, 1.54) is 11.3 Å². The molecule has 1 aliphatic heterocycles. The number of carbonyl (C=O) groups is 1. The van der Waals surface area contributed by atoms with Crippen LogP contribution < -0.4 is 5.32 Å². The summed E-state index contributed by atoms with van der Waals surface area (Å²) in [5.74, 6) is 0. The second-order valence-corrected chi connectivity index (χ2v) is 6.52. The van der Waals surface area contributed by atoms with Crippen LogP contribution in [0.15, 0.2) is 23.8 Å². The van der Waals surface area contributed by atoms with Gasteiger partial charge < -0.3 is 10.2 Å². The van der Waals surface area contributed by atoms with Gasteiger partial charge in [0.1, 0.15) is 4.34 Å². The van der Waals surface area contributed by atoms with E-state index < -0.39 is 0 Å². The molecule has 1 unspecified atom stereocenters. The molecule has 3 rings (SSSR count). The van der Waals surface area contributed by atoms with Crippen molar-refractivity contribution >= 4 is 46.3 Å². The minimum atomic E-state index is -0.133. The Balaban J connectivity index is 1.62. The Morgan fingerprint density at radius 1 is 1.50 bits per heavy atom. The van der Waals surface area contributed by atoms with Crippen molar-refractivity contribution in [2.45, 2.75) is 12.5 Å². The van der Waals surface area contributed by atoms with Crippen LogP contribution in [-0.2, 0) is 0 Å². The lowest BCUT2D eigenvalue weighted by molar-refractivity contribution is 0.220. The molecule has 20 heavy (non-hydrogen) atoms. The quantitative estimate of drug-likeness (QED) is 0.912. The second-order valence-electron chi connectivity index (χ2n) is 4.57. The van der Waals surface area contributed by atoms with Gasteiger partial charge in [0, 0.05) is 19.3 Å². The smallest absolute Gasteiger partial charge is 0.321 e. The number of thiophene rings is 1. The second kappa shape index (κ2) is 5.63. The summed E-state index contributed by atoms with van der Waals surface area (Å²) in [4.78, 5) is 13.9. The molecule has 2 amide bonds. The first kappa shape index (κ1) is 13.7. The van der Waals surface area contributed by atoms with E-state index in [1.54, 1.807) is 23.4 Å². The van der Waals surface area contributed by atoms with E-state index in [2.05, 4.69) is 10.4 Å². The fourth-order valence-electron chi connectivity index (χ4n) is 2.23. The Hall–Kier alpha value is -1.24. The van der Waals surface area contributed by atoms with Crippen LogP contribution in [0.3, 0.4) is 0 Å². The summed E-state index contributed by atoms with van der Waals surface area (Å²) in [6, 6.07) is 1.84. The van der Waals surface area contributed by atoms with Crippen molar-refractivity contribution in [1.29, 1.82) is 0 Å². The molecule has 0 spiro atoms. The normalized spacial score (nSPS) is 18.5. The van der Waals surface area contributed by atoms with Crippen molar-refractivity contribution in [3.8, 4) is 0 Å². The van der Waals surface area contributed by atoms with Crippen molar-refractivity contribution in [2.24, 2.45) is 0 Å². The number of carbonyl (C=O) groups excluding carboxylic acids is 1. The molecule has 2 aromatic rings. The molecule has 8 heteroatoms. The Labute approximate surface area is 130 Å². The lowest BCUT2D eigenvalue weighted by Crippen LogP contribution is -2.33. The maximum Gasteiger partial charge on any atom is 0.321 e. The van der Waals surface area contributed by atoms with Gasteiger partial charge in [0.2, 0.25) is 0 Å². The molecular weight excluding hydrogens is 319 g/mol. The lowest BCUT2D eigenvalue weighted by Gasteiger charge is -2.17. The van der Waals surface area contributed by atoms with Gasteiger partial charge in [-0.3, -0.25) is 4.68 Å². The Morgan fingerprint density at radius 2 is 2.35 bits per heavy atom. The van der Waals surface area contributed by atoms with E-state index in [4.69, 9.17) is 23.2 Å². The number of halogens is 2. The molecule has 0 aliphatic carbocycles. The summed E-state index contributed by atoms with van der Waals surface area (Å²) in [6.45, 7) is 1.31. The highest BCUT2D eigenvalue weighted by atomic mass is 35.5. The fraction of sp³-hybridized carbons (Fsp3) is 0.333. The number of likely N-dealkylation sites (tertiary alicyclic amines) is 1. The molecule has 3 heterocycles. The molecule has 1 saturated heterocycles. The Bertz CT molecular complexity index is 627. The van der Waals surface area contributed by atoms with Gasteiger partial charge >= 0.3 is 6.03 Å². The van der Waals surface area contributed by atoms with Crippen LogP contribution in [0.5, 0.6) is 0 Å². The highest BCUT2D eigenvalue weighted by Gasteiger charge is 2.28. The first-order valence-corrected chi connectivity index (χ1v) is 7.75. The molecular formula is C12H12Cl2N4OS. The number of amides is 2. The van der Waals surface area contributed by atoms with Gasteiger partial charge in [-0.2, -0.15) is 5.10 Å². The maximum absolute atomic E-state index is 12.2. The van der Waals surface area contributed by atoms with Crippen molar-refractivity contribution < 1.29 is 4.79 Å². The molecule has 5 nitrogen and oxygen atoms in total. The SMILES string of the molecule is O=C(Nc1ccsc1Cl)N1CCC(n2cc(Cl)cn2)C1.